The molecule has 0 aliphatic carbocycles. The molecular weight excluding hydrogens is 450 g/mol. The van der Waals surface area contributed by atoms with Gasteiger partial charge in [0, 0.05) is 13.6 Å². The normalized spacial score (nSPS) is 11.5. The second kappa shape index (κ2) is 11.6. The molecule has 0 aliphatic heterocycles. The van der Waals surface area contributed by atoms with Crippen LogP contribution in [0.5, 0.6) is 11.5 Å². The van der Waals surface area contributed by atoms with Crippen LogP contribution >= 0.6 is 15.9 Å². The van der Waals surface area contributed by atoms with Crippen LogP contribution in [0.2, 0.25) is 0 Å². The van der Waals surface area contributed by atoms with Crippen molar-refractivity contribution in [3.63, 3.8) is 0 Å². The number of nitrogens with one attached hydrogen (secondary N) is 1. The van der Waals surface area contributed by atoms with Gasteiger partial charge in [-0.05, 0) is 52.0 Å². The Kier molecular flexibility index (Phi) is 9.14. The third-order valence-corrected chi connectivity index (χ3v) is 5.26. The van der Waals surface area contributed by atoms with Crippen molar-refractivity contribution in [1.82, 2.24) is 10.2 Å². The molecule has 2 rings (SSSR count). The van der Waals surface area contributed by atoms with Crippen LogP contribution in [0.1, 0.15) is 11.1 Å². The number of carbonyl (C=O) groups excluding carboxylic acids is 2. The zero-order chi connectivity index (χ0) is 22.1. The van der Waals surface area contributed by atoms with Crippen LogP contribution in [-0.4, -0.2) is 57.1 Å². The lowest BCUT2D eigenvalue weighted by atomic mass is 10.1. The number of ether oxygens (including phenoxy) is 2. The first-order valence-electron chi connectivity index (χ1n) is 9.57. The Morgan fingerprint density at radius 1 is 1.13 bits per heavy atom. The molecule has 0 bridgehead atoms. The highest BCUT2D eigenvalue weighted by Crippen LogP contribution is 2.32. The fourth-order valence-electron chi connectivity index (χ4n) is 3.04. The Morgan fingerprint density at radius 3 is 2.43 bits per heavy atom. The Balaban J connectivity index is 1.83. The predicted octanol–water partition coefficient (Wildman–Crippen LogP) is 2.15. The van der Waals surface area contributed by atoms with E-state index in [1.165, 1.54) is 4.90 Å². The number of carbonyl (C=O) groups is 2. The maximum absolute atomic E-state index is 12.5. The average Bonchev–Trinajstić information content (AvgIpc) is 2.74. The van der Waals surface area contributed by atoms with Gasteiger partial charge in [0.05, 0.1) is 31.3 Å². The molecule has 7 nitrogen and oxygen atoms in total. The standard InChI is InChI=1S/C22H28BrN3O4/c1-26(22(28)18(24)11-15-7-5-4-6-8-15)14-21(27)25-10-9-16-12-20(30-3)17(23)13-19(16)29-2/h4-8,12-13,18H,9-11,14,24H2,1-3H3,(H,25,27). The highest BCUT2D eigenvalue weighted by atomic mass is 79.9. The summed E-state index contributed by atoms with van der Waals surface area (Å²) >= 11 is 3.42. The smallest absolute Gasteiger partial charge is 0.240 e. The number of halogens is 1. The summed E-state index contributed by atoms with van der Waals surface area (Å²) in [4.78, 5) is 26.1. The van der Waals surface area contributed by atoms with Gasteiger partial charge in [0.2, 0.25) is 11.8 Å². The molecule has 1 atom stereocenters. The van der Waals surface area contributed by atoms with E-state index in [9.17, 15) is 9.59 Å². The van der Waals surface area contributed by atoms with Gasteiger partial charge in [0.15, 0.2) is 0 Å². The summed E-state index contributed by atoms with van der Waals surface area (Å²) in [6.45, 7) is 0.347. The molecule has 0 heterocycles. The maximum Gasteiger partial charge on any atom is 0.240 e. The molecule has 162 valence electrons. The number of hydrogen-bond acceptors (Lipinski definition) is 5. The molecule has 2 aromatic carbocycles. The summed E-state index contributed by atoms with van der Waals surface area (Å²) in [6.07, 6.45) is 0.987. The number of benzene rings is 2. The first-order valence-corrected chi connectivity index (χ1v) is 10.4. The van der Waals surface area contributed by atoms with E-state index in [1.54, 1.807) is 21.3 Å². The van der Waals surface area contributed by atoms with Gasteiger partial charge in [-0.15, -0.1) is 0 Å². The van der Waals surface area contributed by atoms with Crippen LogP contribution < -0.4 is 20.5 Å². The van der Waals surface area contributed by atoms with Gasteiger partial charge in [0.1, 0.15) is 11.5 Å². The zero-order valence-electron chi connectivity index (χ0n) is 17.5. The van der Waals surface area contributed by atoms with E-state index in [0.717, 1.165) is 15.6 Å². The maximum atomic E-state index is 12.5. The molecule has 0 saturated heterocycles. The van der Waals surface area contributed by atoms with Crippen LogP contribution in [0.25, 0.3) is 0 Å². The highest BCUT2D eigenvalue weighted by molar-refractivity contribution is 9.10. The Labute approximate surface area is 185 Å². The van der Waals surface area contributed by atoms with Crippen LogP contribution in [-0.2, 0) is 22.4 Å². The van der Waals surface area contributed by atoms with Gasteiger partial charge in [-0.3, -0.25) is 9.59 Å². The molecule has 3 N–H and O–H groups in total. The Morgan fingerprint density at radius 2 is 1.80 bits per heavy atom. The molecule has 8 heteroatoms. The molecular formula is C22H28BrN3O4. The summed E-state index contributed by atoms with van der Waals surface area (Å²) in [5.41, 5.74) is 7.91. The van der Waals surface area contributed by atoms with Crippen molar-refractivity contribution in [2.45, 2.75) is 18.9 Å². The topological polar surface area (TPSA) is 93.9 Å². The SMILES string of the molecule is COc1cc(CCNC(=O)CN(C)C(=O)C(N)Cc2ccccc2)c(OC)cc1Br. The van der Waals surface area contributed by atoms with Gasteiger partial charge < -0.3 is 25.4 Å². The molecule has 0 saturated carbocycles. The minimum absolute atomic E-state index is 0.0535. The third kappa shape index (κ3) is 6.74. The van der Waals surface area contributed by atoms with Crippen LogP contribution in [0.15, 0.2) is 46.9 Å². The highest BCUT2D eigenvalue weighted by Gasteiger charge is 2.20. The largest absolute Gasteiger partial charge is 0.496 e. The van der Waals surface area contributed by atoms with E-state index in [-0.39, 0.29) is 18.4 Å². The minimum Gasteiger partial charge on any atom is -0.496 e. The van der Waals surface area contributed by atoms with Crippen molar-refractivity contribution in [2.75, 3.05) is 34.4 Å². The van der Waals surface area contributed by atoms with Crippen molar-refractivity contribution in [1.29, 1.82) is 0 Å². The predicted molar refractivity (Wildman–Crippen MR) is 120 cm³/mol. The molecule has 0 fully saturated rings. The Bertz CT molecular complexity index is 861. The summed E-state index contributed by atoms with van der Waals surface area (Å²) in [7, 11) is 4.76. The summed E-state index contributed by atoms with van der Waals surface area (Å²) in [5, 5.41) is 2.83. The summed E-state index contributed by atoms with van der Waals surface area (Å²) in [5.74, 6) is 0.875. The van der Waals surface area contributed by atoms with E-state index in [0.29, 0.717) is 30.9 Å². The van der Waals surface area contributed by atoms with Gasteiger partial charge in [-0.1, -0.05) is 30.3 Å². The quantitative estimate of drug-likeness (QED) is 0.546. The van der Waals surface area contributed by atoms with Gasteiger partial charge in [-0.25, -0.2) is 0 Å². The van der Waals surface area contributed by atoms with E-state index >= 15 is 0 Å². The second-order valence-corrected chi connectivity index (χ2v) is 7.74. The first kappa shape index (κ1) is 23.7. The average molecular weight is 478 g/mol. The second-order valence-electron chi connectivity index (χ2n) is 6.89. The zero-order valence-corrected chi connectivity index (χ0v) is 19.1. The van der Waals surface area contributed by atoms with Crippen molar-refractivity contribution in [3.8, 4) is 11.5 Å². The molecule has 0 aliphatic rings. The van der Waals surface area contributed by atoms with Crippen molar-refractivity contribution < 1.29 is 19.1 Å². The molecule has 0 radical (unpaired) electrons. The molecule has 1 unspecified atom stereocenters. The van der Waals surface area contributed by atoms with E-state index in [2.05, 4.69) is 21.2 Å². The third-order valence-electron chi connectivity index (χ3n) is 4.64. The van der Waals surface area contributed by atoms with Crippen molar-refractivity contribution in [3.05, 3.63) is 58.1 Å². The molecule has 2 aromatic rings. The molecule has 0 aromatic heterocycles. The van der Waals surface area contributed by atoms with Crippen LogP contribution in [0, 0.1) is 0 Å². The number of likely N-dealkylation sites (N-methyl/N-ethyl adjacent to an activating group) is 1. The van der Waals surface area contributed by atoms with E-state index in [1.807, 2.05) is 42.5 Å². The minimum atomic E-state index is -0.690. The van der Waals surface area contributed by atoms with Crippen LogP contribution in [0.4, 0.5) is 0 Å². The van der Waals surface area contributed by atoms with E-state index < -0.39 is 6.04 Å². The molecule has 2 amide bonds. The number of amides is 2. The van der Waals surface area contributed by atoms with E-state index in [4.69, 9.17) is 15.2 Å². The molecule has 0 spiro atoms. The van der Waals surface area contributed by atoms with Crippen molar-refractivity contribution in [2.24, 2.45) is 5.73 Å². The summed E-state index contributed by atoms with van der Waals surface area (Å²) in [6, 6.07) is 12.6. The number of nitrogens with zero attached hydrogens (tertiary/aromatic N) is 1. The fraction of sp³-hybridized carbons (Fsp3) is 0.364. The van der Waals surface area contributed by atoms with Crippen molar-refractivity contribution >= 4 is 27.7 Å². The summed E-state index contributed by atoms with van der Waals surface area (Å²) < 4.78 is 11.5. The number of rotatable bonds is 10. The molecule has 30 heavy (non-hydrogen) atoms. The number of methoxy groups -OCH3 is 2. The fourth-order valence-corrected chi connectivity index (χ4v) is 3.53. The van der Waals surface area contributed by atoms with Gasteiger partial charge in [0.25, 0.3) is 0 Å². The lowest BCUT2D eigenvalue weighted by Crippen LogP contribution is -2.47. The van der Waals surface area contributed by atoms with Crippen LogP contribution in [0.3, 0.4) is 0 Å². The van der Waals surface area contributed by atoms with Gasteiger partial charge in [-0.2, -0.15) is 0 Å². The first-order chi connectivity index (χ1) is 14.3. The van der Waals surface area contributed by atoms with Gasteiger partial charge >= 0.3 is 0 Å². The number of hydrogen-bond donors (Lipinski definition) is 2. The Hall–Kier alpha value is -2.58. The number of nitrogens with two attached hydrogens (primary N) is 1. The monoisotopic (exact) mass is 477 g/mol. The lowest BCUT2D eigenvalue weighted by molar-refractivity contribution is -0.135. The lowest BCUT2D eigenvalue weighted by Gasteiger charge is -2.21.